The van der Waals surface area contributed by atoms with E-state index in [0.29, 0.717) is 11.3 Å². The molecule has 7 nitrogen and oxygen atoms in total. The van der Waals surface area contributed by atoms with Gasteiger partial charge >= 0.3 is 0 Å². The molecule has 0 radical (unpaired) electrons. The molecule has 0 bridgehead atoms. The van der Waals surface area contributed by atoms with Gasteiger partial charge in [-0.1, -0.05) is 0 Å². The molecule has 1 aliphatic carbocycles. The van der Waals surface area contributed by atoms with E-state index >= 15 is 0 Å². The summed E-state index contributed by atoms with van der Waals surface area (Å²) in [6.45, 7) is 4.37. The normalized spacial score (nSPS) is 22.3. The minimum atomic E-state index is 0.453. The van der Waals surface area contributed by atoms with Gasteiger partial charge < -0.3 is 15.5 Å². The average molecular weight is 311 g/mol. The molecule has 2 aromatic heterocycles. The second-order valence-corrected chi connectivity index (χ2v) is 7.13. The molecule has 23 heavy (non-hydrogen) atoms. The van der Waals surface area contributed by atoms with E-state index in [-0.39, 0.29) is 0 Å². The molecule has 120 valence electrons. The number of anilines is 3. The zero-order valence-corrected chi connectivity index (χ0v) is 13.0. The Morgan fingerprint density at radius 2 is 2.17 bits per heavy atom. The summed E-state index contributed by atoms with van der Waals surface area (Å²) in [4.78, 5) is 11.3. The van der Waals surface area contributed by atoms with Gasteiger partial charge in [-0.15, -0.1) is 0 Å². The molecule has 0 unspecified atom stereocenters. The lowest BCUT2D eigenvalue weighted by Gasteiger charge is -2.47. The van der Waals surface area contributed by atoms with Gasteiger partial charge in [0.2, 0.25) is 5.95 Å². The Morgan fingerprint density at radius 1 is 1.26 bits per heavy atom. The predicted octanol–water partition coefficient (Wildman–Crippen LogP) is 1.62. The molecule has 3 fully saturated rings. The summed E-state index contributed by atoms with van der Waals surface area (Å²) in [6.07, 6.45) is 5.62. The lowest BCUT2D eigenvalue weighted by Crippen LogP contribution is -2.58. The molecule has 2 aromatic rings. The Balaban J connectivity index is 1.28. The lowest BCUT2D eigenvalue weighted by molar-refractivity contribution is 0.240. The summed E-state index contributed by atoms with van der Waals surface area (Å²) in [6, 6.07) is 3.98. The summed E-state index contributed by atoms with van der Waals surface area (Å²) in [5, 5.41) is 14.2. The Morgan fingerprint density at radius 3 is 2.96 bits per heavy atom. The number of nitrogens with zero attached hydrogens (tertiary/aromatic N) is 4. The SMILES string of the molecule is c1cc(Nc2cc(C3CC3)[nH]n2)nc(N2CC3(CCNC3)C2)n1. The van der Waals surface area contributed by atoms with Crippen LogP contribution >= 0.6 is 0 Å². The van der Waals surface area contributed by atoms with Gasteiger partial charge in [0.1, 0.15) is 5.82 Å². The largest absolute Gasteiger partial charge is 0.339 e. The fourth-order valence-corrected chi connectivity index (χ4v) is 3.68. The van der Waals surface area contributed by atoms with Gasteiger partial charge in [0.15, 0.2) is 5.82 Å². The van der Waals surface area contributed by atoms with E-state index in [0.717, 1.165) is 43.8 Å². The van der Waals surface area contributed by atoms with Gasteiger partial charge in [-0.2, -0.15) is 10.1 Å². The molecule has 5 rings (SSSR count). The number of H-pyrrole nitrogens is 1. The third-order valence-electron chi connectivity index (χ3n) is 5.18. The zero-order chi connectivity index (χ0) is 15.3. The molecule has 2 saturated heterocycles. The highest BCUT2D eigenvalue weighted by molar-refractivity contribution is 5.54. The number of nitrogens with one attached hydrogen (secondary N) is 3. The maximum absolute atomic E-state index is 4.64. The summed E-state index contributed by atoms with van der Waals surface area (Å²) in [7, 11) is 0. The third-order valence-corrected chi connectivity index (χ3v) is 5.18. The maximum Gasteiger partial charge on any atom is 0.227 e. The van der Waals surface area contributed by atoms with Crippen molar-refractivity contribution in [1.29, 1.82) is 0 Å². The Hall–Kier alpha value is -2.15. The van der Waals surface area contributed by atoms with Crippen LogP contribution in [0.25, 0.3) is 0 Å². The van der Waals surface area contributed by atoms with E-state index in [2.05, 4.69) is 41.8 Å². The fourth-order valence-electron chi connectivity index (χ4n) is 3.68. The van der Waals surface area contributed by atoms with Crippen LogP contribution < -0.4 is 15.5 Å². The monoisotopic (exact) mass is 311 g/mol. The van der Waals surface area contributed by atoms with Crippen molar-refractivity contribution in [1.82, 2.24) is 25.5 Å². The summed E-state index contributed by atoms with van der Waals surface area (Å²) < 4.78 is 0. The first-order valence-electron chi connectivity index (χ1n) is 8.41. The second-order valence-electron chi connectivity index (χ2n) is 7.13. The fraction of sp³-hybridized carbons (Fsp3) is 0.562. The predicted molar refractivity (Wildman–Crippen MR) is 88.0 cm³/mol. The quantitative estimate of drug-likeness (QED) is 0.796. The highest BCUT2D eigenvalue weighted by atomic mass is 15.3. The molecule has 0 aromatic carbocycles. The molecule has 0 amide bonds. The Kier molecular flexibility index (Phi) is 2.85. The van der Waals surface area contributed by atoms with Crippen LogP contribution in [-0.2, 0) is 0 Å². The van der Waals surface area contributed by atoms with Crippen LogP contribution in [0.4, 0.5) is 17.6 Å². The Bertz CT molecular complexity index is 707. The van der Waals surface area contributed by atoms with Crippen LogP contribution in [0.1, 0.15) is 30.9 Å². The molecular formula is C16H21N7. The van der Waals surface area contributed by atoms with Crippen LogP contribution in [0.5, 0.6) is 0 Å². The van der Waals surface area contributed by atoms with Gasteiger partial charge in [0.25, 0.3) is 0 Å². The van der Waals surface area contributed by atoms with Gasteiger partial charge in [-0.25, -0.2) is 4.98 Å². The minimum absolute atomic E-state index is 0.453. The molecule has 0 atom stereocenters. The van der Waals surface area contributed by atoms with Crippen LogP contribution in [0.2, 0.25) is 0 Å². The van der Waals surface area contributed by atoms with Crippen molar-refractivity contribution < 1.29 is 0 Å². The van der Waals surface area contributed by atoms with E-state index < -0.39 is 0 Å². The minimum Gasteiger partial charge on any atom is -0.339 e. The zero-order valence-electron chi connectivity index (χ0n) is 13.0. The van der Waals surface area contributed by atoms with E-state index in [9.17, 15) is 0 Å². The van der Waals surface area contributed by atoms with Crippen LogP contribution in [0.15, 0.2) is 18.3 Å². The highest BCUT2D eigenvalue weighted by Gasteiger charge is 2.45. The van der Waals surface area contributed by atoms with Crippen molar-refractivity contribution in [2.24, 2.45) is 5.41 Å². The summed E-state index contributed by atoms with van der Waals surface area (Å²) >= 11 is 0. The smallest absolute Gasteiger partial charge is 0.227 e. The third kappa shape index (κ3) is 2.45. The average Bonchev–Trinajstić information content (AvgIpc) is 3.08. The molecule has 2 aliphatic heterocycles. The van der Waals surface area contributed by atoms with Gasteiger partial charge in [0.05, 0.1) is 0 Å². The van der Waals surface area contributed by atoms with Gasteiger partial charge in [0, 0.05) is 48.9 Å². The Labute approximate surface area is 134 Å². The van der Waals surface area contributed by atoms with Gasteiger partial charge in [-0.3, -0.25) is 5.10 Å². The van der Waals surface area contributed by atoms with E-state index in [1.807, 2.05) is 12.3 Å². The molecule has 7 heteroatoms. The van der Waals surface area contributed by atoms with Crippen molar-refractivity contribution in [3.63, 3.8) is 0 Å². The first-order chi connectivity index (χ1) is 11.3. The molecule has 1 saturated carbocycles. The molecule has 1 spiro atoms. The van der Waals surface area contributed by atoms with Gasteiger partial charge in [-0.05, 0) is 31.9 Å². The second kappa shape index (κ2) is 4.92. The topological polar surface area (TPSA) is 81.8 Å². The van der Waals surface area contributed by atoms with Crippen LogP contribution in [-0.4, -0.2) is 46.3 Å². The van der Waals surface area contributed by atoms with E-state index in [1.165, 1.54) is 25.0 Å². The first kappa shape index (κ1) is 13.3. The van der Waals surface area contributed by atoms with Crippen molar-refractivity contribution in [2.75, 3.05) is 36.4 Å². The number of aromatic nitrogens is 4. The number of hydrogen-bond donors (Lipinski definition) is 3. The number of rotatable bonds is 4. The van der Waals surface area contributed by atoms with Crippen LogP contribution in [0.3, 0.4) is 0 Å². The van der Waals surface area contributed by atoms with Crippen molar-refractivity contribution in [3.05, 3.63) is 24.0 Å². The summed E-state index contributed by atoms with van der Waals surface area (Å²) in [5.74, 6) is 3.12. The maximum atomic E-state index is 4.64. The molecule has 3 N–H and O–H groups in total. The standard InChI is InChI=1S/C16H21N7/c1-2-11(1)12-7-14(22-21-12)19-13-3-5-18-15(20-13)23-9-16(10-23)4-6-17-8-16/h3,5,7,11,17H,1-2,4,6,8-10H2,(H2,18,19,20,21,22). The lowest BCUT2D eigenvalue weighted by atomic mass is 9.79. The molecule has 4 heterocycles. The van der Waals surface area contributed by atoms with Crippen molar-refractivity contribution in [2.45, 2.75) is 25.2 Å². The molecular weight excluding hydrogens is 290 g/mol. The van der Waals surface area contributed by atoms with E-state index in [4.69, 9.17) is 0 Å². The van der Waals surface area contributed by atoms with Crippen molar-refractivity contribution >= 4 is 17.6 Å². The highest BCUT2D eigenvalue weighted by Crippen LogP contribution is 2.40. The van der Waals surface area contributed by atoms with Crippen molar-refractivity contribution in [3.8, 4) is 0 Å². The summed E-state index contributed by atoms with van der Waals surface area (Å²) in [5.41, 5.74) is 1.67. The number of hydrogen-bond acceptors (Lipinski definition) is 6. The first-order valence-corrected chi connectivity index (χ1v) is 8.41. The van der Waals surface area contributed by atoms with Crippen LogP contribution in [0, 0.1) is 5.41 Å². The van der Waals surface area contributed by atoms with E-state index in [1.54, 1.807) is 0 Å². The molecule has 3 aliphatic rings. The number of aromatic amines is 1.